The van der Waals surface area contributed by atoms with Crippen LogP contribution in [0.15, 0.2) is 91.0 Å². The van der Waals surface area contributed by atoms with Gasteiger partial charge in [0.1, 0.15) is 29.8 Å². The lowest BCUT2D eigenvalue weighted by atomic mass is 9.81. The summed E-state index contributed by atoms with van der Waals surface area (Å²) in [5.41, 5.74) is 0.869. The van der Waals surface area contributed by atoms with Crippen LogP contribution in [-0.2, 0) is 19.9 Å². The zero-order chi connectivity index (χ0) is 34.0. The molecule has 3 aromatic carbocycles. The van der Waals surface area contributed by atoms with E-state index >= 15 is 0 Å². The third kappa shape index (κ3) is 7.13. The molecule has 9 nitrogen and oxygen atoms in total. The predicted octanol–water partition coefficient (Wildman–Crippen LogP) is 4.86. The van der Waals surface area contributed by atoms with Crippen LogP contribution >= 0.6 is 0 Å². The largest absolute Gasteiger partial charge is 0.462 e. The number of piperidine rings is 1. The molecule has 4 unspecified atom stereocenters. The zero-order valence-electron chi connectivity index (χ0n) is 28.2. The summed E-state index contributed by atoms with van der Waals surface area (Å²) < 4.78 is 12.0. The molecule has 9 heteroatoms. The van der Waals surface area contributed by atoms with Crippen molar-refractivity contribution in [3.05, 3.63) is 108 Å². The Bertz CT molecular complexity index is 1490. The second kappa shape index (κ2) is 14.6. The number of rotatable bonds is 12. The van der Waals surface area contributed by atoms with Crippen LogP contribution in [0, 0.1) is 5.92 Å². The van der Waals surface area contributed by atoms with E-state index in [1.54, 1.807) is 0 Å². The molecule has 4 N–H and O–H groups in total. The van der Waals surface area contributed by atoms with E-state index in [0.717, 1.165) is 68.2 Å². The second-order valence-electron chi connectivity index (χ2n) is 14.5. The molecular formula is C40H49N3O6. The number of nitrogens with one attached hydrogen (secondary N) is 2. The standard InChI is InChI=1S/C40H49N3O6/c1-26(40(47,29-13-7-3-8-14-29)30-15-9-4-10-16-30)41-39(46)42-31-19-17-27(18-20-31)21-22-43-34-23-32(24-35(43)37-36(34)49-37)48-38(45)33(25-44)28-11-5-2-6-12-28/h2-16,26-27,31-37,44,47H,17-25H2,1H3,(H2,41,42,46)/t26-,27?,31?,32?,33?,34-,35+,36?,37?/m0/s1. The van der Waals surface area contributed by atoms with Gasteiger partial charge >= 0.3 is 12.0 Å². The zero-order valence-corrected chi connectivity index (χ0v) is 28.2. The number of epoxide rings is 1. The van der Waals surface area contributed by atoms with Crippen LogP contribution < -0.4 is 10.6 Å². The Morgan fingerprint density at radius 1 is 0.878 bits per heavy atom. The van der Waals surface area contributed by atoms with Crippen molar-refractivity contribution in [2.24, 2.45) is 5.92 Å². The minimum absolute atomic E-state index is 0.103. The minimum atomic E-state index is -1.37. The topological polar surface area (TPSA) is 124 Å². The van der Waals surface area contributed by atoms with E-state index < -0.39 is 17.6 Å². The van der Waals surface area contributed by atoms with Crippen LogP contribution in [0.4, 0.5) is 4.79 Å². The Hall–Kier alpha value is -3.76. The number of amides is 2. The van der Waals surface area contributed by atoms with Crippen LogP contribution in [0.25, 0.3) is 0 Å². The molecule has 7 atom stereocenters. The van der Waals surface area contributed by atoms with Crippen molar-refractivity contribution in [2.75, 3.05) is 13.2 Å². The van der Waals surface area contributed by atoms with Crippen molar-refractivity contribution in [3.8, 4) is 0 Å². The van der Waals surface area contributed by atoms with Crippen molar-refractivity contribution >= 4 is 12.0 Å². The van der Waals surface area contributed by atoms with Crippen molar-refractivity contribution in [1.29, 1.82) is 0 Å². The van der Waals surface area contributed by atoms with Gasteiger partial charge in [-0.1, -0.05) is 91.0 Å². The van der Waals surface area contributed by atoms with Gasteiger partial charge in [0.15, 0.2) is 0 Å². The number of benzene rings is 3. The van der Waals surface area contributed by atoms with Gasteiger partial charge in [-0.05, 0) is 68.2 Å². The highest BCUT2D eigenvalue weighted by Crippen LogP contribution is 2.49. The molecule has 1 saturated carbocycles. The Labute approximate surface area is 289 Å². The van der Waals surface area contributed by atoms with Gasteiger partial charge in [0.05, 0.1) is 12.6 Å². The number of esters is 1. The third-order valence-corrected chi connectivity index (χ3v) is 11.5. The van der Waals surface area contributed by atoms with Gasteiger partial charge in [-0.2, -0.15) is 0 Å². The molecule has 3 saturated heterocycles. The van der Waals surface area contributed by atoms with Gasteiger partial charge < -0.3 is 30.3 Å². The van der Waals surface area contributed by atoms with Crippen LogP contribution in [0.5, 0.6) is 0 Å². The highest BCUT2D eigenvalue weighted by molar-refractivity contribution is 5.78. The number of carbonyl (C=O) groups is 2. The van der Waals surface area contributed by atoms with Crippen LogP contribution in [-0.4, -0.2) is 82.7 Å². The van der Waals surface area contributed by atoms with Gasteiger partial charge in [0.2, 0.25) is 0 Å². The molecule has 260 valence electrons. The Morgan fingerprint density at radius 3 is 1.98 bits per heavy atom. The highest BCUT2D eigenvalue weighted by Gasteiger charge is 2.63. The number of fused-ring (bicyclic) bond motifs is 5. The fourth-order valence-corrected chi connectivity index (χ4v) is 8.73. The lowest BCUT2D eigenvalue weighted by Gasteiger charge is -2.41. The Balaban J connectivity index is 0.867. The summed E-state index contributed by atoms with van der Waals surface area (Å²) in [5.74, 6) is -0.407. The molecule has 2 amide bonds. The monoisotopic (exact) mass is 667 g/mol. The number of morpholine rings is 1. The fraction of sp³-hybridized carbons (Fsp3) is 0.500. The molecular weight excluding hydrogens is 618 g/mol. The number of hydrogen-bond donors (Lipinski definition) is 4. The van der Waals surface area contributed by atoms with Gasteiger partial charge in [-0.15, -0.1) is 0 Å². The van der Waals surface area contributed by atoms with Gasteiger partial charge in [0, 0.05) is 31.0 Å². The molecule has 3 heterocycles. The SMILES string of the molecule is C[C@H](NC(=O)NC1CCC(CCN2[C@@H]3CC(OC(=O)C(CO)c4ccccc4)C[C@H]2C2OC23)CC1)C(O)(c1ccccc1)c1ccccc1. The normalized spacial score (nSPS) is 28.9. The number of ether oxygens (including phenoxy) is 2. The molecule has 3 aliphatic heterocycles. The summed E-state index contributed by atoms with van der Waals surface area (Å²) >= 11 is 0. The molecule has 2 bridgehead atoms. The molecule has 3 aromatic rings. The smallest absolute Gasteiger partial charge is 0.316 e. The maximum Gasteiger partial charge on any atom is 0.316 e. The lowest BCUT2D eigenvalue weighted by Crippen LogP contribution is -2.54. The Morgan fingerprint density at radius 2 is 1.43 bits per heavy atom. The maximum atomic E-state index is 13.2. The molecule has 49 heavy (non-hydrogen) atoms. The van der Waals surface area contributed by atoms with Gasteiger partial charge in [-0.3, -0.25) is 9.69 Å². The molecule has 4 fully saturated rings. The van der Waals surface area contributed by atoms with E-state index in [0.29, 0.717) is 5.92 Å². The first-order chi connectivity index (χ1) is 23.8. The van der Waals surface area contributed by atoms with Crippen LogP contribution in [0.3, 0.4) is 0 Å². The summed E-state index contributed by atoms with van der Waals surface area (Å²) in [6.07, 6.45) is 6.95. The van der Waals surface area contributed by atoms with Crippen molar-refractivity contribution in [1.82, 2.24) is 15.5 Å². The first-order valence-electron chi connectivity index (χ1n) is 18.0. The minimum Gasteiger partial charge on any atom is -0.462 e. The van der Waals surface area contributed by atoms with Gasteiger partial charge in [-0.25, -0.2) is 4.79 Å². The number of hydrogen-bond acceptors (Lipinski definition) is 7. The average molecular weight is 668 g/mol. The summed E-state index contributed by atoms with van der Waals surface area (Å²) in [6.45, 7) is 2.59. The van der Waals surface area contributed by atoms with E-state index in [9.17, 15) is 19.8 Å². The number of nitrogens with zero attached hydrogens (tertiary/aromatic N) is 1. The first kappa shape index (κ1) is 33.7. The fourth-order valence-electron chi connectivity index (χ4n) is 8.73. The summed E-state index contributed by atoms with van der Waals surface area (Å²) in [6, 6.07) is 28.2. The first-order valence-corrected chi connectivity index (χ1v) is 18.0. The van der Waals surface area contributed by atoms with Crippen molar-refractivity contribution < 1.29 is 29.3 Å². The van der Waals surface area contributed by atoms with E-state index in [4.69, 9.17) is 9.47 Å². The van der Waals surface area contributed by atoms with E-state index in [2.05, 4.69) is 15.5 Å². The number of carbonyl (C=O) groups excluding carboxylic acids is 2. The summed E-state index contributed by atoms with van der Waals surface area (Å²) in [4.78, 5) is 28.8. The average Bonchev–Trinajstić information content (AvgIpc) is 3.90. The quantitative estimate of drug-likeness (QED) is 0.161. The van der Waals surface area contributed by atoms with E-state index in [-0.39, 0.29) is 55.0 Å². The van der Waals surface area contributed by atoms with Crippen molar-refractivity contribution in [3.63, 3.8) is 0 Å². The molecule has 7 rings (SSSR count). The number of aliphatic hydroxyl groups is 2. The molecule has 0 radical (unpaired) electrons. The van der Waals surface area contributed by atoms with Crippen LogP contribution in [0.1, 0.15) is 74.5 Å². The number of aliphatic hydroxyl groups excluding tert-OH is 1. The maximum absolute atomic E-state index is 13.2. The summed E-state index contributed by atoms with van der Waals surface area (Å²) in [7, 11) is 0. The molecule has 1 aliphatic carbocycles. The molecule has 4 aliphatic rings. The van der Waals surface area contributed by atoms with Gasteiger partial charge in [0.25, 0.3) is 0 Å². The Kier molecular flexibility index (Phi) is 10.1. The number of urea groups is 1. The van der Waals surface area contributed by atoms with E-state index in [1.165, 1.54) is 0 Å². The van der Waals surface area contributed by atoms with Crippen molar-refractivity contribution in [2.45, 2.75) is 106 Å². The second-order valence-corrected chi connectivity index (χ2v) is 14.5. The highest BCUT2D eigenvalue weighted by atomic mass is 16.6. The van der Waals surface area contributed by atoms with Crippen LogP contribution in [0.2, 0.25) is 0 Å². The third-order valence-electron chi connectivity index (χ3n) is 11.5. The molecule has 0 spiro atoms. The summed E-state index contributed by atoms with van der Waals surface area (Å²) in [5, 5.41) is 28.1. The predicted molar refractivity (Wildman–Crippen MR) is 186 cm³/mol. The molecule has 0 aromatic heterocycles. The van der Waals surface area contributed by atoms with E-state index in [1.807, 2.05) is 97.9 Å². The lowest BCUT2D eigenvalue weighted by molar-refractivity contribution is -0.157.